The van der Waals surface area contributed by atoms with Crippen molar-refractivity contribution < 1.29 is 0 Å². The van der Waals surface area contributed by atoms with Crippen molar-refractivity contribution in [3.63, 3.8) is 0 Å². The van der Waals surface area contributed by atoms with Gasteiger partial charge in [0.25, 0.3) is 0 Å². The molecule has 29 heavy (non-hydrogen) atoms. The van der Waals surface area contributed by atoms with Gasteiger partial charge in [0.2, 0.25) is 5.95 Å². The highest BCUT2D eigenvalue weighted by Gasteiger charge is 2.18. The molecule has 2 N–H and O–H groups in total. The van der Waals surface area contributed by atoms with E-state index in [0.717, 1.165) is 74.7 Å². The Bertz CT molecular complexity index is 761. The van der Waals surface area contributed by atoms with Gasteiger partial charge in [-0.15, -0.1) is 0 Å². The van der Waals surface area contributed by atoms with E-state index >= 15 is 0 Å². The van der Waals surface area contributed by atoms with E-state index < -0.39 is 0 Å². The van der Waals surface area contributed by atoms with E-state index in [-0.39, 0.29) is 0 Å². The Morgan fingerprint density at radius 3 is 2.62 bits per heavy atom. The molecular formula is C21H30ClN7. The first-order chi connectivity index (χ1) is 14.2. The van der Waals surface area contributed by atoms with Crippen LogP contribution in [-0.2, 0) is 6.54 Å². The molecule has 0 saturated carbocycles. The summed E-state index contributed by atoms with van der Waals surface area (Å²) in [4.78, 5) is 18.1. The van der Waals surface area contributed by atoms with Gasteiger partial charge in [-0.25, -0.2) is 15.0 Å². The van der Waals surface area contributed by atoms with Gasteiger partial charge in [-0.1, -0.05) is 23.7 Å². The monoisotopic (exact) mass is 415 g/mol. The van der Waals surface area contributed by atoms with Crippen LogP contribution < -0.4 is 15.5 Å². The van der Waals surface area contributed by atoms with Crippen molar-refractivity contribution in [3.05, 3.63) is 53.3 Å². The van der Waals surface area contributed by atoms with Gasteiger partial charge in [0, 0.05) is 56.7 Å². The number of guanidine groups is 1. The lowest BCUT2D eigenvalue weighted by molar-refractivity contribution is 0.254. The number of rotatable bonds is 8. The number of nitrogens with one attached hydrogen (secondary N) is 2. The quantitative estimate of drug-likeness (QED) is 0.392. The number of hydrogen-bond donors (Lipinski definition) is 2. The third-order valence-electron chi connectivity index (χ3n) is 4.80. The maximum Gasteiger partial charge on any atom is 0.225 e. The molecule has 7 nitrogen and oxygen atoms in total. The largest absolute Gasteiger partial charge is 0.357 e. The maximum atomic E-state index is 6.05. The van der Waals surface area contributed by atoms with Crippen molar-refractivity contribution >= 4 is 23.5 Å². The van der Waals surface area contributed by atoms with E-state index in [1.165, 1.54) is 0 Å². The molecular weight excluding hydrogens is 386 g/mol. The number of aliphatic imine (C=N–C) groups is 1. The standard InChI is InChI=1S/C21H30ClN7/c1-2-23-20(27-17-18-6-3-7-19(22)16-18)24-10-5-11-28-12-14-29(15-13-28)21-25-8-4-9-26-21/h3-4,6-9,16H,2,5,10-15,17H2,1H3,(H2,23,24,27). The molecule has 0 spiro atoms. The number of piperazine rings is 1. The molecule has 1 aliphatic rings. The second kappa shape index (κ2) is 11.6. The van der Waals surface area contributed by atoms with Gasteiger partial charge in [0.15, 0.2) is 5.96 Å². The zero-order valence-electron chi connectivity index (χ0n) is 17.0. The average Bonchev–Trinajstić information content (AvgIpc) is 2.76. The smallest absolute Gasteiger partial charge is 0.225 e. The zero-order chi connectivity index (χ0) is 20.3. The SMILES string of the molecule is CCNC(=NCc1cccc(Cl)c1)NCCCN1CCN(c2ncccn2)CC1. The minimum absolute atomic E-state index is 0.611. The number of anilines is 1. The van der Waals surface area contributed by atoms with Crippen LogP contribution in [0.4, 0.5) is 5.95 Å². The molecule has 0 unspecified atom stereocenters. The Kier molecular flexibility index (Phi) is 8.52. The minimum atomic E-state index is 0.611. The molecule has 1 aromatic carbocycles. The van der Waals surface area contributed by atoms with Crippen LogP contribution in [0, 0.1) is 0 Å². The molecule has 2 aromatic rings. The van der Waals surface area contributed by atoms with Crippen molar-refractivity contribution in [2.24, 2.45) is 4.99 Å². The number of halogens is 1. The lowest BCUT2D eigenvalue weighted by Crippen LogP contribution is -2.47. The van der Waals surface area contributed by atoms with E-state index in [1.54, 1.807) is 12.4 Å². The predicted molar refractivity (Wildman–Crippen MR) is 120 cm³/mol. The van der Waals surface area contributed by atoms with Crippen molar-refractivity contribution in [1.82, 2.24) is 25.5 Å². The molecule has 0 amide bonds. The van der Waals surface area contributed by atoms with Gasteiger partial charge in [-0.2, -0.15) is 0 Å². The molecule has 0 radical (unpaired) electrons. The van der Waals surface area contributed by atoms with Crippen LogP contribution in [0.3, 0.4) is 0 Å². The summed E-state index contributed by atoms with van der Waals surface area (Å²) in [6, 6.07) is 9.68. The average molecular weight is 416 g/mol. The van der Waals surface area contributed by atoms with Crippen LogP contribution in [0.5, 0.6) is 0 Å². The molecule has 8 heteroatoms. The van der Waals surface area contributed by atoms with Crippen molar-refractivity contribution in [2.75, 3.05) is 50.7 Å². The van der Waals surface area contributed by atoms with Crippen LogP contribution in [0.25, 0.3) is 0 Å². The molecule has 2 heterocycles. The van der Waals surface area contributed by atoms with Gasteiger partial charge in [-0.05, 0) is 43.7 Å². The van der Waals surface area contributed by atoms with E-state index in [1.807, 2.05) is 30.3 Å². The molecule has 0 bridgehead atoms. The molecule has 0 aliphatic carbocycles. The fraction of sp³-hybridized carbons (Fsp3) is 0.476. The first-order valence-corrected chi connectivity index (χ1v) is 10.6. The maximum absolute atomic E-state index is 6.05. The van der Waals surface area contributed by atoms with Crippen LogP contribution in [0.2, 0.25) is 5.02 Å². The first-order valence-electron chi connectivity index (χ1n) is 10.3. The molecule has 0 atom stereocenters. The summed E-state index contributed by atoms with van der Waals surface area (Å²) in [6.45, 7) is 9.52. The number of aromatic nitrogens is 2. The highest BCUT2D eigenvalue weighted by atomic mass is 35.5. The summed E-state index contributed by atoms with van der Waals surface area (Å²) in [5.74, 6) is 1.68. The molecule has 1 saturated heterocycles. The lowest BCUT2D eigenvalue weighted by atomic mass is 10.2. The molecule has 156 valence electrons. The van der Waals surface area contributed by atoms with E-state index in [9.17, 15) is 0 Å². The Morgan fingerprint density at radius 1 is 1.10 bits per heavy atom. The minimum Gasteiger partial charge on any atom is -0.357 e. The van der Waals surface area contributed by atoms with E-state index in [2.05, 4.69) is 42.3 Å². The normalized spacial score (nSPS) is 15.4. The van der Waals surface area contributed by atoms with E-state index in [4.69, 9.17) is 11.6 Å². The number of benzene rings is 1. The van der Waals surface area contributed by atoms with Crippen LogP contribution >= 0.6 is 11.6 Å². The van der Waals surface area contributed by atoms with Gasteiger partial charge in [-0.3, -0.25) is 4.90 Å². The third kappa shape index (κ3) is 7.18. The Hall–Kier alpha value is -2.38. The molecule has 3 rings (SSSR count). The third-order valence-corrected chi connectivity index (χ3v) is 5.04. The second-order valence-electron chi connectivity index (χ2n) is 6.98. The zero-order valence-corrected chi connectivity index (χ0v) is 17.8. The van der Waals surface area contributed by atoms with Crippen LogP contribution in [-0.4, -0.2) is 66.6 Å². The summed E-state index contributed by atoms with van der Waals surface area (Å²) in [5, 5.41) is 7.48. The van der Waals surface area contributed by atoms with Crippen molar-refractivity contribution in [3.8, 4) is 0 Å². The molecule has 1 fully saturated rings. The number of hydrogen-bond acceptors (Lipinski definition) is 5. The molecule has 1 aromatic heterocycles. The summed E-state index contributed by atoms with van der Waals surface area (Å²) >= 11 is 6.05. The summed E-state index contributed by atoms with van der Waals surface area (Å²) < 4.78 is 0. The summed E-state index contributed by atoms with van der Waals surface area (Å²) in [5.41, 5.74) is 1.11. The fourth-order valence-electron chi connectivity index (χ4n) is 3.28. The van der Waals surface area contributed by atoms with Crippen molar-refractivity contribution in [1.29, 1.82) is 0 Å². The second-order valence-corrected chi connectivity index (χ2v) is 7.42. The highest BCUT2D eigenvalue weighted by molar-refractivity contribution is 6.30. The van der Waals surface area contributed by atoms with Gasteiger partial charge in [0.05, 0.1) is 6.54 Å². The lowest BCUT2D eigenvalue weighted by Gasteiger charge is -2.34. The van der Waals surface area contributed by atoms with Crippen LogP contribution in [0.1, 0.15) is 18.9 Å². The van der Waals surface area contributed by atoms with E-state index in [0.29, 0.717) is 6.54 Å². The van der Waals surface area contributed by atoms with Gasteiger partial charge in [0.1, 0.15) is 0 Å². The highest BCUT2D eigenvalue weighted by Crippen LogP contribution is 2.11. The van der Waals surface area contributed by atoms with Crippen LogP contribution in [0.15, 0.2) is 47.7 Å². The first kappa shape index (κ1) is 21.3. The van der Waals surface area contributed by atoms with Gasteiger partial charge >= 0.3 is 0 Å². The Morgan fingerprint density at radius 2 is 1.90 bits per heavy atom. The predicted octanol–water partition coefficient (Wildman–Crippen LogP) is 2.40. The van der Waals surface area contributed by atoms with Crippen molar-refractivity contribution in [2.45, 2.75) is 19.9 Å². The Balaban J connectivity index is 1.36. The topological polar surface area (TPSA) is 68.7 Å². The summed E-state index contributed by atoms with van der Waals surface area (Å²) in [6.07, 6.45) is 4.68. The summed E-state index contributed by atoms with van der Waals surface area (Å²) in [7, 11) is 0. The fourth-order valence-corrected chi connectivity index (χ4v) is 3.50. The number of nitrogens with zero attached hydrogens (tertiary/aromatic N) is 5. The Labute approximate surface area is 178 Å². The molecule has 1 aliphatic heterocycles. The van der Waals surface area contributed by atoms with Gasteiger partial charge < -0.3 is 15.5 Å².